The molecule has 2 saturated heterocycles. The Kier molecular flexibility index (Phi) is 5.08. The minimum atomic E-state index is 0.473. The summed E-state index contributed by atoms with van der Waals surface area (Å²) in [4.78, 5) is 2.73. The molecule has 2 nitrogen and oxygen atoms in total. The van der Waals surface area contributed by atoms with Gasteiger partial charge in [-0.3, -0.25) is 0 Å². The summed E-state index contributed by atoms with van der Waals surface area (Å²) in [6.45, 7) is 13.8. The molecule has 0 aromatic heterocycles. The van der Waals surface area contributed by atoms with Crippen LogP contribution in [-0.4, -0.2) is 37.6 Å². The summed E-state index contributed by atoms with van der Waals surface area (Å²) in [7, 11) is 0. The van der Waals surface area contributed by atoms with E-state index < -0.39 is 0 Å². The molecule has 18 heavy (non-hydrogen) atoms. The second kappa shape index (κ2) is 6.38. The molecule has 1 N–H and O–H groups in total. The number of piperidine rings is 1. The fourth-order valence-electron chi connectivity index (χ4n) is 3.70. The van der Waals surface area contributed by atoms with Gasteiger partial charge in [0.1, 0.15) is 0 Å². The third kappa shape index (κ3) is 3.96. The maximum Gasteiger partial charge on any atom is 0.00358 e. The molecular formula is C16H32N2. The highest BCUT2D eigenvalue weighted by Crippen LogP contribution is 2.33. The van der Waals surface area contributed by atoms with Gasteiger partial charge in [0.2, 0.25) is 0 Å². The molecule has 2 heterocycles. The van der Waals surface area contributed by atoms with E-state index in [0.29, 0.717) is 5.41 Å². The lowest BCUT2D eigenvalue weighted by atomic mass is 9.74. The van der Waals surface area contributed by atoms with E-state index in [-0.39, 0.29) is 0 Å². The third-order valence-corrected chi connectivity index (χ3v) is 5.14. The highest BCUT2D eigenvalue weighted by Gasteiger charge is 2.32. The molecule has 2 fully saturated rings. The van der Waals surface area contributed by atoms with Crippen LogP contribution < -0.4 is 5.32 Å². The first-order valence-corrected chi connectivity index (χ1v) is 8.01. The molecule has 2 rings (SSSR count). The number of nitrogens with one attached hydrogen (secondary N) is 1. The van der Waals surface area contributed by atoms with Crippen molar-refractivity contribution >= 4 is 0 Å². The van der Waals surface area contributed by atoms with Crippen LogP contribution in [0.4, 0.5) is 0 Å². The maximum atomic E-state index is 3.58. The van der Waals surface area contributed by atoms with Crippen LogP contribution in [0.25, 0.3) is 0 Å². The molecule has 0 aromatic carbocycles. The van der Waals surface area contributed by atoms with E-state index in [1.807, 2.05) is 0 Å². The summed E-state index contributed by atoms with van der Waals surface area (Å²) in [5, 5.41) is 3.58. The molecule has 2 aliphatic heterocycles. The standard InChI is InChI=1S/C16H32N2/c1-14-6-5-10-18(11-8-14)13-16(2,3)15-7-4-9-17-12-15/h14-15,17H,4-13H2,1-3H3. The first-order valence-electron chi connectivity index (χ1n) is 8.01. The number of rotatable bonds is 3. The van der Waals surface area contributed by atoms with Crippen LogP contribution in [0.15, 0.2) is 0 Å². The lowest BCUT2D eigenvalue weighted by molar-refractivity contribution is 0.102. The van der Waals surface area contributed by atoms with E-state index in [9.17, 15) is 0 Å². The summed E-state index contributed by atoms with van der Waals surface area (Å²) in [6.07, 6.45) is 7.02. The zero-order valence-corrected chi connectivity index (χ0v) is 12.7. The van der Waals surface area contributed by atoms with Gasteiger partial charge in [0.25, 0.3) is 0 Å². The summed E-state index contributed by atoms with van der Waals surface area (Å²) in [6, 6.07) is 0. The number of nitrogens with zero attached hydrogens (tertiary/aromatic N) is 1. The third-order valence-electron chi connectivity index (χ3n) is 5.14. The molecule has 2 aliphatic rings. The van der Waals surface area contributed by atoms with Crippen molar-refractivity contribution in [1.29, 1.82) is 0 Å². The van der Waals surface area contributed by atoms with Crippen molar-refractivity contribution in [3.63, 3.8) is 0 Å². The first kappa shape index (κ1) is 14.3. The van der Waals surface area contributed by atoms with Gasteiger partial charge >= 0.3 is 0 Å². The summed E-state index contributed by atoms with van der Waals surface area (Å²) >= 11 is 0. The van der Waals surface area contributed by atoms with Crippen molar-refractivity contribution in [2.24, 2.45) is 17.3 Å². The van der Waals surface area contributed by atoms with Crippen LogP contribution in [0.5, 0.6) is 0 Å². The molecule has 2 unspecified atom stereocenters. The van der Waals surface area contributed by atoms with Gasteiger partial charge in [-0.15, -0.1) is 0 Å². The van der Waals surface area contributed by atoms with Crippen molar-refractivity contribution in [2.75, 3.05) is 32.7 Å². The Bertz CT molecular complexity index is 243. The van der Waals surface area contributed by atoms with Crippen LogP contribution in [0, 0.1) is 17.3 Å². The second-order valence-corrected chi connectivity index (χ2v) is 7.34. The molecular weight excluding hydrogens is 220 g/mol. The van der Waals surface area contributed by atoms with Crippen molar-refractivity contribution in [1.82, 2.24) is 10.2 Å². The van der Waals surface area contributed by atoms with Gasteiger partial charge in [-0.1, -0.05) is 20.8 Å². The van der Waals surface area contributed by atoms with Crippen molar-refractivity contribution in [3.05, 3.63) is 0 Å². The van der Waals surface area contributed by atoms with Gasteiger partial charge in [0.15, 0.2) is 0 Å². The Morgan fingerprint density at radius 1 is 1.11 bits per heavy atom. The summed E-state index contributed by atoms with van der Waals surface area (Å²) in [5.41, 5.74) is 0.473. The van der Waals surface area contributed by atoms with Crippen molar-refractivity contribution in [2.45, 2.75) is 52.9 Å². The summed E-state index contributed by atoms with van der Waals surface area (Å²) < 4.78 is 0. The van der Waals surface area contributed by atoms with Gasteiger partial charge in [0.05, 0.1) is 0 Å². The van der Waals surface area contributed by atoms with E-state index in [2.05, 4.69) is 31.0 Å². The Balaban J connectivity index is 1.85. The zero-order valence-electron chi connectivity index (χ0n) is 12.7. The Labute approximate surface area is 114 Å². The van der Waals surface area contributed by atoms with E-state index in [1.54, 1.807) is 0 Å². The lowest BCUT2D eigenvalue weighted by Gasteiger charge is -2.40. The lowest BCUT2D eigenvalue weighted by Crippen LogP contribution is -2.45. The first-order chi connectivity index (χ1) is 8.58. The van der Waals surface area contributed by atoms with Gasteiger partial charge in [-0.25, -0.2) is 0 Å². The van der Waals surface area contributed by atoms with Gasteiger partial charge < -0.3 is 10.2 Å². The highest BCUT2D eigenvalue weighted by atomic mass is 15.1. The Hall–Kier alpha value is -0.0800. The van der Waals surface area contributed by atoms with Crippen LogP contribution in [-0.2, 0) is 0 Å². The van der Waals surface area contributed by atoms with Crippen LogP contribution in [0.2, 0.25) is 0 Å². The van der Waals surface area contributed by atoms with Crippen molar-refractivity contribution < 1.29 is 0 Å². The van der Waals surface area contributed by atoms with E-state index in [4.69, 9.17) is 0 Å². The van der Waals surface area contributed by atoms with E-state index >= 15 is 0 Å². The van der Waals surface area contributed by atoms with Crippen molar-refractivity contribution in [3.8, 4) is 0 Å². The SMILES string of the molecule is CC1CCCN(CC(C)(C)C2CCCNC2)CC1. The predicted molar refractivity (Wildman–Crippen MR) is 78.8 cm³/mol. The summed E-state index contributed by atoms with van der Waals surface area (Å²) in [5.74, 6) is 1.81. The number of likely N-dealkylation sites (tertiary alicyclic amines) is 1. The molecule has 2 atom stereocenters. The minimum absolute atomic E-state index is 0.473. The molecule has 0 aliphatic carbocycles. The maximum absolute atomic E-state index is 3.58. The quantitative estimate of drug-likeness (QED) is 0.830. The smallest absolute Gasteiger partial charge is 0.00358 e. The van der Waals surface area contributed by atoms with Gasteiger partial charge in [-0.2, -0.15) is 0 Å². The average Bonchev–Trinajstić information content (AvgIpc) is 2.55. The molecule has 106 valence electrons. The Morgan fingerprint density at radius 3 is 2.67 bits per heavy atom. The normalized spacial score (nSPS) is 32.2. The second-order valence-electron chi connectivity index (χ2n) is 7.34. The van der Waals surface area contributed by atoms with E-state index in [1.165, 1.54) is 64.8 Å². The molecule has 0 spiro atoms. The highest BCUT2D eigenvalue weighted by molar-refractivity contribution is 4.86. The van der Waals surface area contributed by atoms with Gasteiger partial charge in [-0.05, 0) is 75.5 Å². The molecule has 0 bridgehead atoms. The zero-order chi connectivity index (χ0) is 13.0. The van der Waals surface area contributed by atoms with Crippen LogP contribution in [0.3, 0.4) is 0 Å². The molecule has 0 aromatic rings. The van der Waals surface area contributed by atoms with Gasteiger partial charge in [0, 0.05) is 6.54 Å². The molecule has 0 amide bonds. The minimum Gasteiger partial charge on any atom is -0.316 e. The number of hydrogen-bond acceptors (Lipinski definition) is 2. The molecule has 0 saturated carbocycles. The fraction of sp³-hybridized carbons (Fsp3) is 1.00. The topological polar surface area (TPSA) is 15.3 Å². The Morgan fingerprint density at radius 2 is 1.94 bits per heavy atom. The average molecular weight is 252 g/mol. The largest absolute Gasteiger partial charge is 0.316 e. The predicted octanol–water partition coefficient (Wildman–Crippen LogP) is 3.13. The van der Waals surface area contributed by atoms with Crippen LogP contribution >= 0.6 is 0 Å². The molecule has 0 radical (unpaired) electrons. The molecule has 2 heteroatoms. The monoisotopic (exact) mass is 252 g/mol. The number of hydrogen-bond donors (Lipinski definition) is 1. The van der Waals surface area contributed by atoms with Crippen LogP contribution in [0.1, 0.15) is 52.9 Å². The van der Waals surface area contributed by atoms with E-state index in [0.717, 1.165) is 11.8 Å². The fourth-order valence-corrected chi connectivity index (χ4v) is 3.70.